The normalized spacial score (nSPS) is 13.2. The fourth-order valence-electron chi connectivity index (χ4n) is 12.3. The van der Waals surface area contributed by atoms with E-state index in [2.05, 4.69) is 37.0 Å². The van der Waals surface area contributed by atoms with Crippen molar-refractivity contribution in [3.63, 3.8) is 0 Å². The number of hydrogen-bond donors (Lipinski definition) is 2. The minimum atomic E-state index is -3.32. The smallest absolute Gasteiger partial charge is 0.316 e. The summed E-state index contributed by atoms with van der Waals surface area (Å²) in [7, 11) is -3.32. The van der Waals surface area contributed by atoms with Crippen molar-refractivity contribution in [3.05, 3.63) is 314 Å². The number of hydrogen-bond acceptors (Lipinski definition) is 17. The van der Waals surface area contributed by atoms with Gasteiger partial charge in [0.2, 0.25) is 27.3 Å². The van der Waals surface area contributed by atoms with Crippen LogP contribution in [0.2, 0.25) is 10.0 Å². The van der Waals surface area contributed by atoms with E-state index in [1.807, 2.05) is 139 Å². The topological polar surface area (TPSA) is 244 Å². The molecule has 15 rings (SSSR count). The summed E-state index contributed by atoms with van der Waals surface area (Å²) in [6.07, 6.45) is 11.0. The molecule has 6 heterocycles. The summed E-state index contributed by atoms with van der Waals surface area (Å²) in [6, 6.07) is 65.4. The standard InChI is InChI=1S/C29H30N4O3.C28H27ClFN5O4S.C25H17ClN4O2/c1-3-31-16-18-32(19-17-31)27-20-30-33(24-10-4-21(2)5-11-24)29(35)28(27)36-26-14-8-23(9-15-26)22-6-12-25(34)13-7-22;1-40(37,38)34-14-12-33(13-15-34)26-18-32-35(23-7-5-22(29)6-8-23)28(36)27(26)39-24-9-2-19(3-10-24)20-4-11-25(30)21(16-20)17-31;26-20-8-10-21(11-9-20)30-25(31)24(23(16-28-30)29-15-14-27-17-29)32-22-12-6-19(7-13-22)18-4-2-1-3-5-18/h4-15,20,34H,3,16-19H2,1-2H3;2-11,16,18H,12-15,17,31H2,1H3;1-17H. The van der Waals surface area contributed by atoms with Crippen molar-refractivity contribution >= 4 is 44.6 Å². The van der Waals surface area contributed by atoms with Crippen LogP contribution in [-0.2, 0) is 16.6 Å². The van der Waals surface area contributed by atoms with Crippen LogP contribution in [-0.4, -0.2) is 127 Å². The number of aryl methyl sites for hydroxylation is 1. The van der Waals surface area contributed by atoms with Crippen LogP contribution < -0.4 is 46.4 Å². The van der Waals surface area contributed by atoms with Gasteiger partial charge in [0, 0.05) is 86.9 Å². The molecule has 0 atom stereocenters. The van der Waals surface area contributed by atoms with Gasteiger partial charge in [0.05, 0.1) is 48.2 Å². The van der Waals surface area contributed by atoms with E-state index >= 15 is 0 Å². The number of ether oxygens (including phenoxy) is 3. The molecular formula is C82H74Cl2FN13O9S. The highest BCUT2D eigenvalue weighted by Crippen LogP contribution is 2.36. The summed E-state index contributed by atoms with van der Waals surface area (Å²) in [5, 5.41) is 23.8. The molecule has 548 valence electrons. The van der Waals surface area contributed by atoms with Gasteiger partial charge >= 0.3 is 16.7 Å². The van der Waals surface area contributed by atoms with Gasteiger partial charge in [-0.2, -0.15) is 33.6 Å². The molecule has 26 heteroatoms. The van der Waals surface area contributed by atoms with Crippen molar-refractivity contribution in [1.82, 2.24) is 48.1 Å². The number of aromatic hydroxyl groups is 1. The first kappa shape index (κ1) is 74.3. The molecule has 0 saturated carbocycles. The van der Waals surface area contributed by atoms with Gasteiger partial charge in [-0.1, -0.05) is 133 Å². The van der Waals surface area contributed by atoms with E-state index < -0.39 is 21.1 Å². The Bertz CT molecular complexity index is 5560. The zero-order valence-corrected chi connectivity index (χ0v) is 61.3. The highest BCUT2D eigenvalue weighted by atomic mass is 35.5. The molecule has 108 heavy (non-hydrogen) atoms. The summed E-state index contributed by atoms with van der Waals surface area (Å²) in [5.74, 6) is 1.86. The highest BCUT2D eigenvalue weighted by Gasteiger charge is 2.29. The molecule has 0 amide bonds. The zero-order chi connectivity index (χ0) is 75.4. The molecule has 0 radical (unpaired) electrons. The van der Waals surface area contributed by atoms with E-state index in [0.29, 0.717) is 80.1 Å². The molecule has 2 saturated heterocycles. The Morgan fingerprint density at radius 1 is 0.491 bits per heavy atom. The first-order chi connectivity index (χ1) is 52.3. The maximum absolute atomic E-state index is 13.9. The van der Waals surface area contributed by atoms with E-state index in [0.717, 1.165) is 71.7 Å². The van der Waals surface area contributed by atoms with Gasteiger partial charge in [-0.3, -0.25) is 14.4 Å². The lowest BCUT2D eigenvalue weighted by Gasteiger charge is -2.35. The molecule has 9 aromatic carbocycles. The molecular weight excluding hydrogens is 1430 g/mol. The number of phenols is 1. The second-order valence-electron chi connectivity index (χ2n) is 25.4. The quantitative estimate of drug-likeness (QED) is 0.0811. The maximum atomic E-state index is 13.9. The average Bonchev–Trinajstić information content (AvgIpc) is 1.08. The van der Waals surface area contributed by atoms with Crippen LogP contribution >= 0.6 is 23.2 Å². The number of sulfonamides is 1. The summed E-state index contributed by atoms with van der Waals surface area (Å²) >= 11 is 12.0. The molecule has 0 bridgehead atoms. The van der Waals surface area contributed by atoms with E-state index in [-0.39, 0.29) is 54.0 Å². The molecule has 22 nitrogen and oxygen atoms in total. The number of piperazine rings is 2. The van der Waals surface area contributed by atoms with Crippen LogP contribution in [0.5, 0.6) is 40.2 Å². The van der Waals surface area contributed by atoms with Crippen molar-refractivity contribution < 1.29 is 32.1 Å². The number of nitrogens with zero attached hydrogens (tertiary/aromatic N) is 12. The van der Waals surface area contributed by atoms with Gasteiger partial charge < -0.3 is 44.3 Å². The maximum Gasteiger partial charge on any atom is 0.316 e. The number of likely N-dealkylation sites (N-methyl/N-ethyl adjacent to an activating group) is 1. The fourth-order valence-corrected chi connectivity index (χ4v) is 13.4. The number of benzene rings is 9. The predicted octanol–water partition coefficient (Wildman–Crippen LogP) is 14.4. The summed E-state index contributed by atoms with van der Waals surface area (Å²) in [6.45, 7) is 10.0. The molecule has 2 fully saturated rings. The van der Waals surface area contributed by atoms with Crippen molar-refractivity contribution in [2.75, 3.05) is 75.0 Å². The van der Waals surface area contributed by atoms with Gasteiger partial charge in [-0.15, -0.1) is 0 Å². The number of anilines is 2. The lowest BCUT2D eigenvalue weighted by Crippen LogP contribution is -2.48. The van der Waals surface area contributed by atoms with E-state index in [1.165, 1.54) is 30.7 Å². The third-order valence-electron chi connectivity index (χ3n) is 18.3. The Labute approximate surface area is 632 Å². The van der Waals surface area contributed by atoms with E-state index in [1.54, 1.807) is 127 Å². The van der Waals surface area contributed by atoms with Crippen LogP contribution in [0.4, 0.5) is 15.8 Å². The molecule has 2 aliphatic heterocycles. The molecule has 0 spiro atoms. The molecule has 3 N–H and O–H groups in total. The predicted molar refractivity (Wildman–Crippen MR) is 420 cm³/mol. The number of aromatic nitrogens is 8. The lowest BCUT2D eigenvalue weighted by atomic mass is 10.0. The molecule has 0 aliphatic carbocycles. The molecule has 4 aromatic heterocycles. The first-order valence-corrected chi connectivity index (χ1v) is 37.2. The minimum absolute atomic E-state index is 0.0534. The van der Waals surface area contributed by atoms with Crippen molar-refractivity contribution in [2.24, 2.45) is 5.73 Å². The monoisotopic (exact) mass is 1510 g/mol. The average molecular weight is 1510 g/mol. The molecule has 2 aliphatic rings. The number of nitrogens with two attached hydrogens (primary N) is 1. The zero-order valence-electron chi connectivity index (χ0n) is 59.0. The number of halogens is 3. The van der Waals surface area contributed by atoms with Gasteiger partial charge in [-0.25, -0.2) is 17.8 Å². The van der Waals surface area contributed by atoms with Crippen LogP contribution in [0.3, 0.4) is 0 Å². The number of imidazole rings is 1. The summed E-state index contributed by atoms with van der Waals surface area (Å²) < 4.78 is 63.4. The third-order valence-corrected chi connectivity index (χ3v) is 20.1. The van der Waals surface area contributed by atoms with Gasteiger partial charge in [-0.05, 0) is 168 Å². The van der Waals surface area contributed by atoms with Gasteiger partial charge in [0.1, 0.15) is 45.9 Å². The summed E-state index contributed by atoms with van der Waals surface area (Å²) in [4.78, 5) is 51.3. The van der Waals surface area contributed by atoms with Crippen LogP contribution in [0, 0.1) is 12.7 Å². The molecule has 13 aromatic rings. The summed E-state index contributed by atoms with van der Waals surface area (Å²) in [5.41, 5.74) is 15.2. The van der Waals surface area contributed by atoms with Crippen molar-refractivity contribution in [3.8, 4) is 96.4 Å². The Hall–Kier alpha value is -12.0. The minimum Gasteiger partial charge on any atom is -0.508 e. The Kier molecular flexibility index (Phi) is 23.1. The van der Waals surface area contributed by atoms with Crippen LogP contribution in [0.15, 0.2) is 270 Å². The van der Waals surface area contributed by atoms with Gasteiger partial charge in [0.25, 0.3) is 0 Å². The Morgan fingerprint density at radius 2 is 0.880 bits per heavy atom. The van der Waals surface area contributed by atoms with Crippen LogP contribution in [0.25, 0.3) is 56.1 Å². The fraction of sp³-hybridized carbons (Fsp3) is 0.159. The number of rotatable bonds is 18. The van der Waals surface area contributed by atoms with Crippen molar-refractivity contribution in [2.45, 2.75) is 20.4 Å². The second kappa shape index (κ2) is 33.6. The van der Waals surface area contributed by atoms with Gasteiger partial charge in [0.15, 0.2) is 0 Å². The van der Waals surface area contributed by atoms with E-state index in [9.17, 15) is 32.3 Å². The first-order valence-electron chi connectivity index (χ1n) is 34.6. The Balaban J connectivity index is 0.000000144. The number of phenolic OH excluding ortho intramolecular Hbond substituents is 1. The Morgan fingerprint density at radius 3 is 1.30 bits per heavy atom. The van der Waals surface area contributed by atoms with Crippen LogP contribution in [0.1, 0.15) is 18.1 Å². The SMILES string of the molecule is CCN1CCN(c2cnn(-c3ccc(C)cc3)c(=O)c2Oc2ccc(-c3ccc(O)cc3)cc2)CC1.CS(=O)(=O)N1CCN(c2cnn(-c3ccc(Cl)cc3)c(=O)c2Oc2ccc(-c3ccc(F)c(CN)c3)cc2)CC1.O=c1c(Oc2ccc(-c3ccccc3)cc2)c(-n2ccnc2)cnn1-c1ccc(Cl)cc1. The third kappa shape index (κ3) is 17.6. The van der Waals surface area contributed by atoms with E-state index in [4.69, 9.17) is 43.1 Å². The highest BCUT2D eigenvalue weighted by molar-refractivity contribution is 7.88. The molecule has 0 unspecified atom stereocenters. The largest absolute Gasteiger partial charge is 0.508 e. The lowest BCUT2D eigenvalue weighted by molar-refractivity contribution is 0.270. The second-order valence-corrected chi connectivity index (χ2v) is 28.2. The van der Waals surface area contributed by atoms with Crippen molar-refractivity contribution in [1.29, 1.82) is 0 Å².